The molecule has 3 heterocycles. The van der Waals surface area contributed by atoms with Gasteiger partial charge in [-0.25, -0.2) is 9.97 Å². The van der Waals surface area contributed by atoms with Crippen LogP contribution in [-0.4, -0.2) is 34.6 Å². The number of aromatic nitrogens is 3. The molecule has 5 nitrogen and oxygen atoms in total. The van der Waals surface area contributed by atoms with Crippen molar-refractivity contribution >= 4 is 5.82 Å². The van der Waals surface area contributed by atoms with E-state index < -0.39 is 0 Å². The van der Waals surface area contributed by atoms with Gasteiger partial charge in [0.15, 0.2) is 0 Å². The summed E-state index contributed by atoms with van der Waals surface area (Å²) in [5.74, 6) is 2.63. The molecule has 3 rings (SSSR count). The molecule has 0 aliphatic carbocycles. The Labute approximate surface area is 137 Å². The Morgan fingerprint density at radius 2 is 1.96 bits per heavy atom. The fraction of sp³-hybridized carbons (Fsp3) is 0.500. The zero-order chi connectivity index (χ0) is 16.2. The predicted molar refractivity (Wildman–Crippen MR) is 90.9 cm³/mol. The summed E-state index contributed by atoms with van der Waals surface area (Å²) >= 11 is 0. The lowest BCUT2D eigenvalue weighted by molar-refractivity contribution is 0.221. The van der Waals surface area contributed by atoms with Crippen LogP contribution in [0.5, 0.6) is 5.75 Å². The largest absolute Gasteiger partial charge is 0.493 e. The van der Waals surface area contributed by atoms with E-state index in [1.807, 2.05) is 26.1 Å². The maximum Gasteiger partial charge on any atom is 0.135 e. The topological polar surface area (TPSA) is 51.1 Å². The Morgan fingerprint density at radius 3 is 2.70 bits per heavy atom. The predicted octanol–water partition coefficient (Wildman–Crippen LogP) is 3.09. The van der Waals surface area contributed by atoms with Gasteiger partial charge in [0.25, 0.3) is 0 Å². The van der Waals surface area contributed by atoms with E-state index in [4.69, 9.17) is 4.74 Å². The summed E-state index contributed by atoms with van der Waals surface area (Å²) in [4.78, 5) is 15.2. The molecule has 23 heavy (non-hydrogen) atoms. The second-order valence-corrected chi connectivity index (χ2v) is 6.29. The van der Waals surface area contributed by atoms with Crippen molar-refractivity contribution in [2.24, 2.45) is 5.92 Å². The molecule has 0 amide bonds. The number of rotatable bonds is 4. The first-order chi connectivity index (χ1) is 11.1. The van der Waals surface area contributed by atoms with Crippen LogP contribution in [0.3, 0.4) is 0 Å². The van der Waals surface area contributed by atoms with Gasteiger partial charge in [0.2, 0.25) is 0 Å². The number of hydrogen-bond acceptors (Lipinski definition) is 5. The molecule has 0 N–H and O–H groups in total. The van der Waals surface area contributed by atoms with Crippen molar-refractivity contribution in [1.82, 2.24) is 15.0 Å². The summed E-state index contributed by atoms with van der Waals surface area (Å²) in [5, 5.41) is 0. The maximum absolute atomic E-state index is 5.98. The van der Waals surface area contributed by atoms with E-state index in [1.54, 1.807) is 12.5 Å². The van der Waals surface area contributed by atoms with Crippen LogP contribution in [0.25, 0.3) is 0 Å². The van der Waals surface area contributed by atoms with Crippen molar-refractivity contribution < 1.29 is 4.74 Å². The number of aryl methyl sites for hydroxylation is 2. The molecule has 0 radical (unpaired) electrons. The lowest BCUT2D eigenvalue weighted by atomic mass is 9.97. The first-order valence-electron chi connectivity index (χ1n) is 8.21. The maximum atomic E-state index is 5.98. The molecule has 1 aliphatic rings. The summed E-state index contributed by atoms with van der Waals surface area (Å²) in [5.41, 5.74) is 3.35. The van der Waals surface area contributed by atoms with Crippen LogP contribution in [0.4, 0.5) is 5.82 Å². The number of nitrogens with zero attached hydrogens (tertiary/aromatic N) is 4. The molecule has 2 aromatic heterocycles. The third-order valence-electron chi connectivity index (χ3n) is 4.67. The molecular formula is C18H24N4O. The van der Waals surface area contributed by atoms with Gasteiger partial charge in [-0.2, -0.15) is 0 Å². The van der Waals surface area contributed by atoms with Crippen LogP contribution in [0.1, 0.15) is 29.7 Å². The van der Waals surface area contributed by atoms with E-state index in [2.05, 4.69) is 26.8 Å². The van der Waals surface area contributed by atoms with Crippen LogP contribution in [-0.2, 0) is 0 Å². The highest BCUT2D eigenvalue weighted by atomic mass is 16.5. The van der Waals surface area contributed by atoms with Crippen molar-refractivity contribution in [1.29, 1.82) is 0 Å². The molecule has 1 fully saturated rings. The van der Waals surface area contributed by atoms with Crippen LogP contribution in [0.2, 0.25) is 0 Å². The smallest absolute Gasteiger partial charge is 0.135 e. The second-order valence-electron chi connectivity index (χ2n) is 6.29. The fourth-order valence-corrected chi connectivity index (χ4v) is 2.99. The second kappa shape index (κ2) is 6.94. The molecule has 0 bridgehead atoms. The van der Waals surface area contributed by atoms with Gasteiger partial charge in [-0.05, 0) is 45.6 Å². The highest BCUT2D eigenvalue weighted by molar-refractivity contribution is 5.47. The minimum atomic E-state index is 0.599. The standard InChI is InChI=1S/C18H24N4O/c1-13-10-19-7-4-17(13)23-11-16-5-8-22(9-6-16)18-14(2)15(3)20-12-21-18/h4,7,10,12,16H,5-6,8-9,11H2,1-3H3. The summed E-state index contributed by atoms with van der Waals surface area (Å²) < 4.78 is 5.98. The van der Waals surface area contributed by atoms with Crippen molar-refractivity contribution in [3.05, 3.63) is 41.6 Å². The van der Waals surface area contributed by atoms with Crippen molar-refractivity contribution in [2.45, 2.75) is 33.6 Å². The molecule has 122 valence electrons. The highest BCUT2D eigenvalue weighted by Gasteiger charge is 2.22. The van der Waals surface area contributed by atoms with Crippen LogP contribution in [0.15, 0.2) is 24.8 Å². The van der Waals surface area contributed by atoms with Gasteiger partial charge in [-0.3, -0.25) is 4.98 Å². The third kappa shape index (κ3) is 3.60. The zero-order valence-corrected chi connectivity index (χ0v) is 14.1. The Kier molecular flexibility index (Phi) is 4.74. The third-order valence-corrected chi connectivity index (χ3v) is 4.67. The highest BCUT2D eigenvalue weighted by Crippen LogP contribution is 2.26. The van der Waals surface area contributed by atoms with E-state index in [1.165, 1.54) is 5.56 Å². The van der Waals surface area contributed by atoms with E-state index in [0.29, 0.717) is 5.92 Å². The van der Waals surface area contributed by atoms with E-state index in [0.717, 1.165) is 55.4 Å². The van der Waals surface area contributed by atoms with Gasteiger partial charge in [-0.1, -0.05) is 0 Å². The minimum Gasteiger partial charge on any atom is -0.493 e. The first-order valence-corrected chi connectivity index (χ1v) is 8.21. The van der Waals surface area contributed by atoms with Gasteiger partial charge < -0.3 is 9.64 Å². The quantitative estimate of drug-likeness (QED) is 0.868. The average molecular weight is 312 g/mol. The van der Waals surface area contributed by atoms with Crippen LogP contribution < -0.4 is 9.64 Å². The molecule has 0 spiro atoms. The Bertz CT molecular complexity index is 666. The van der Waals surface area contributed by atoms with Gasteiger partial charge in [-0.15, -0.1) is 0 Å². The number of pyridine rings is 1. The van der Waals surface area contributed by atoms with Gasteiger partial charge in [0.05, 0.1) is 6.61 Å². The van der Waals surface area contributed by atoms with E-state index >= 15 is 0 Å². The molecule has 0 aromatic carbocycles. The molecular weight excluding hydrogens is 288 g/mol. The molecule has 1 aliphatic heterocycles. The fourth-order valence-electron chi connectivity index (χ4n) is 2.99. The van der Waals surface area contributed by atoms with E-state index in [-0.39, 0.29) is 0 Å². The SMILES string of the molecule is Cc1cnccc1OCC1CCN(c2ncnc(C)c2C)CC1. The molecule has 5 heteroatoms. The average Bonchev–Trinajstić information content (AvgIpc) is 2.57. The molecule has 0 saturated carbocycles. The number of piperidine rings is 1. The minimum absolute atomic E-state index is 0.599. The van der Waals surface area contributed by atoms with E-state index in [9.17, 15) is 0 Å². The number of hydrogen-bond donors (Lipinski definition) is 0. The molecule has 0 unspecified atom stereocenters. The zero-order valence-electron chi connectivity index (χ0n) is 14.1. The number of anilines is 1. The Hall–Kier alpha value is -2.17. The lowest BCUT2D eigenvalue weighted by Gasteiger charge is -2.33. The molecule has 0 atom stereocenters. The number of ether oxygens (including phenoxy) is 1. The summed E-state index contributed by atoms with van der Waals surface area (Å²) in [6, 6.07) is 1.94. The molecule has 1 saturated heterocycles. The molecule has 2 aromatic rings. The Morgan fingerprint density at radius 1 is 1.17 bits per heavy atom. The normalized spacial score (nSPS) is 15.7. The monoisotopic (exact) mass is 312 g/mol. The van der Waals surface area contributed by atoms with Crippen molar-refractivity contribution in [3.63, 3.8) is 0 Å². The lowest BCUT2D eigenvalue weighted by Crippen LogP contribution is -2.36. The van der Waals surface area contributed by atoms with Crippen molar-refractivity contribution in [2.75, 3.05) is 24.6 Å². The Balaban J connectivity index is 1.54. The van der Waals surface area contributed by atoms with Crippen LogP contribution >= 0.6 is 0 Å². The van der Waals surface area contributed by atoms with Crippen molar-refractivity contribution in [3.8, 4) is 5.75 Å². The van der Waals surface area contributed by atoms with Gasteiger partial charge in [0, 0.05) is 42.3 Å². The summed E-state index contributed by atoms with van der Waals surface area (Å²) in [7, 11) is 0. The first kappa shape index (κ1) is 15.7. The summed E-state index contributed by atoms with van der Waals surface area (Å²) in [6.07, 6.45) is 7.56. The van der Waals surface area contributed by atoms with Crippen LogP contribution in [0, 0.1) is 26.7 Å². The van der Waals surface area contributed by atoms with Gasteiger partial charge >= 0.3 is 0 Å². The summed E-state index contributed by atoms with van der Waals surface area (Å²) in [6.45, 7) is 9.01. The van der Waals surface area contributed by atoms with Gasteiger partial charge in [0.1, 0.15) is 17.9 Å².